The van der Waals surface area contributed by atoms with E-state index in [1.54, 1.807) is 13.8 Å². The summed E-state index contributed by atoms with van der Waals surface area (Å²) in [7, 11) is 3.91. The molecule has 1 aliphatic rings. The maximum absolute atomic E-state index is 12.1. The molecule has 0 bridgehead atoms. The minimum absolute atomic E-state index is 0.00227. The van der Waals surface area contributed by atoms with Gasteiger partial charge in [-0.2, -0.15) is 0 Å². The van der Waals surface area contributed by atoms with Gasteiger partial charge in [0.25, 0.3) is 45.9 Å². The Kier molecular flexibility index (Phi) is 12.0. The molecular formula is C37H32N6O15. The lowest BCUT2D eigenvalue weighted by atomic mass is 9.97. The van der Waals surface area contributed by atoms with Gasteiger partial charge in [0.2, 0.25) is 5.91 Å². The fourth-order valence-electron chi connectivity index (χ4n) is 6.03. The molecule has 21 heteroatoms. The van der Waals surface area contributed by atoms with Gasteiger partial charge in [-0.25, -0.2) is 14.4 Å². The SMILES string of the molecule is CCn1c(=O)c2cc3c(=O)n(CC)c(=O)c3cc2c1=O.CNC(=O)c1cc(C(N)=O)c(C(=O)O)cc1C(=O)O.CNC(=O)c1cc2c(cc1C(=O)O)C(=O)N(C)C2=O. The lowest BCUT2D eigenvalue weighted by Crippen LogP contribution is -2.24. The van der Waals surface area contributed by atoms with Gasteiger partial charge in [-0.05, 0) is 50.2 Å². The number of nitrogens with two attached hydrogens (primary N) is 1. The first-order valence-corrected chi connectivity index (χ1v) is 16.7. The second kappa shape index (κ2) is 16.3. The lowest BCUT2D eigenvalue weighted by molar-refractivity contribution is 0.0674. The second-order valence-corrected chi connectivity index (χ2v) is 12.1. The molecule has 0 spiro atoms. The van der Waals surface area contributed by atoms with Gasteiger partial charge < -0.3 is 31.7 Å². The summed E-state index contributed by atoms with van der Waals surface area (Å²) in [5, 5.41) is 32.2. The van der Waals surface area contributed by atoms with Crippen LogP contribution in [0.2, 0.25) is 0 Å². The molecule has 21 nitrogen and oxygen atoms in total. The number of fused-ring (bicyclic) bond motifs is 3. The Morgan fingerprint density at radius 3 is 1.12 bits per heavy atom. The van der Waals surface area contributed by atoms with Crippen LogP contribution in [-0.2, 0) is 13.1 Å². The van der Waals surface area contributed by atoms with E-state index in [0.29, 0.717) is 0 Å². The van der Waals surface area contributed by atoms with Crippen molar-refractivity contribution in [3.05, 3.63) is 122 Å². The van der Waals surface area contributed by atoms with Crippen molar-refractivity contribution in [2.45, 2.75) is 26.9 Å². The number of carbonyl (C=O) groups is 8. The number of imide groups is 1. The highest BCUT2D eigenvalue weighted by atomic mass is 16.4. The van der Waals surface area contributed by atoms with Gasteiger partial charge in [0.1, 0.15) is 0 Å². The van der Waals surface area contributed by atoms with E-state index in [-0.39, 0.29) is 62.5 Å². The number of hydrogen-bond donors (Lipinski definition) is 6. The zero-order valence-electron chi connectivity index (χ0n) is 31.0. The minimum atomic E-state index is -1.51. The normalized spacial score (nSPS) is 11.6. The molecule has 0 saturated heterocycles. The van der Waals surface area contributed by atoms with Gasteiger partial charge in [0, 0.05) is 34.2 Å². The molecule has 3 heterocycles. The summed E-state index contributed by atoms with van der Waals surface area (Å²) in [6.45, 7) is 3.93. The van der Waals surface area contributed by atoms with Gasteiger partial charge in [-0.15, -0.1) is 0 Å². The average Bonchev–Trinajstić information content (AvgIpc) is 3.68. The standard InChI is InChI=1S/C14H12N2O4.C12H10N2O5.C11H10N2O6/c1-3-15-11(17)7-5-9-10(6-8(7)12(15)18)14(20)16(4-2)13(9)19;1-13-9(15)5-3-6-7(4-8(5)12(18)19)11(17)14(2)10(6)16;1-13-9(15)5-2-4(8(12)14)6(10(16)17)3-7(5)11(18)19/h5-6H,3-4H2,1-2H3;3-4H,1-2H3,(H,13,15)(H,18,19);2-3H,1H3,(H2,12,14)(H,13,15)(H,16,17)(H,18,19). The highest BCUT2D eigenvalue weighted by Crippen LogP contribution is 2.26. The third-order valence-electron chi connectivity index (χ3n) is 8.98. The first-order chi connectivity index (χ1) is 27.2. The minimum Gasteiger partial charge on any atom is -0.478 e. The Morgan fingerprint density at radius 2 is 0.810 bits per heavy atom. The lowest BCUT2D eigenvalue weighted by Gasteiger charge is -2.09. The number of benzene rings is 3. The van der Waals surface area contributed by atoms with Crippen LogP contribution in [0.4, 0.5) is 0 Å². The number of carboxylic acid groups (broad SMARTS) is 3. The van der Waals surface area contributed by atoms with Crippen molar-refractivity contribution in [3.63, 3.8) is 0 Å². The van der Waals surface area contributed by atoms with Crippen molar-refractivity contribution in [1.29, 1.82) is 0 Å². The Morgan fingerprint density at radius 1 is 0.517 bits per heavy atom. The number of rotatable bonds is 8. The van der Waals surface area contributed by atoms with Crippen molar-refractivity contribution in [1.82, 2.24) is 24.7 Å². The third kappa shape index (κ3) is 7.33. The van der Waals surface area contributed by atoms with Crippen LogP contribution < -0.4 is 38.6 Å². The number of nitrogens with zero attached hydrogens (tertiary/aromatic N) is 3. The molecule has 300 valence electrons. The van der Waals surface area contributed by atoms with E-state index in [1.807, 2.05) is 0 Å². The Bertz CT molecular complexity index is 2720. The average molecular weight is 801 g/mol. The van der Waals surface area contributed by atoms with Crippen LogP contribution in [0.3, 0.4) is 0 Å². The van der Waals surface area contributed by atoms with E-state index in [1.165, 1.54) is 33.3 Å². The number of amides is 5. The number of aromatic nitrogens is 2. The smallest absolute Gasteiger partial charge is 0.336 e. The zero-order chi connectivity index (χ0) is 43.7. The summed E-state index contributed by atoms with van der Waals surface area (Å²) in [6, 6.07) is 6.53. The first kappa shape index (κ1) is 42.6. The van der Waals surface area contributed by atoms with Crippen LogP contribution in [0.1, 0.15) is 96.7 Å². The number of carboxylic acids is 3. The van der Waals surface area contributed by atoms with E-state index in [9.17, 15) is 57.5 Å². The van der Waals surface area contributed by atoms with Crippen LogP contribution in [0.5, 0.6) is 0 Å². The highest BCUT2D eigenvalue weighted by Gasteiger charge is 2.35. The molecule has 6 rings (SSSR count). The van der Waals surface area contributed by atoms with Gasteiger partial charge in [0.15, 0.2) is 0 Å². The molecule has 0 radical (unpaired) electrons. The summed E-state index contributed by atoms with van der Waals surface area (Å²) < 4.78 is 2.21. The van der Waals surface area contributed by atoms with E-state index in [0.717, 1.165) is 38.3 Å². The third-order valence-corrected chi connectivity index (χ3v) is 8.98. The van der Waals surface area contributed by atoms with Crippen molar-refractivity contribution in [2.24, 2.45) is 5.73 Å². The van der Waals surface area contributed by atoms with Crippen molar-refractivity contribution in [3.8, 4) is 0 Å². The fraction of sp³-hybridized carbons (Fsp3) is 0.189. The Labute approximate surface area is 323 Å². The van der Waals surface area contributed by atoms with E-state index in [4.69, 9.17) is 21.1 Å². The van der Waals surface area contributed by atoms with Crippen LogP contribution in [-0.4, -0.2) is 97.9 Å². The molecule has 0 aliphatic carbocycles. The van der Waals surface area contributed by atoms with E-state index in [2.05, 4.69) is 10.6 Å². The molecule has 0 unspecified atom stereocenters. The van der Waals surface area contributed by atoms with Gasteiger partial charge in [-0.1, -0.05) is 0 Å². The Hall–Kier alpha value is -8.10. The summed E-state index contributed by atoms with van der Waals surface area (Å²) >= 11 is 0. The Balaban J connectivity index is 0.000000193. The number of hydrogen-bond acceptors (Lipinski definition) is 12. The van der Waals surface area contributed by atoms with Gasteiger partial charge in [0.05, 0.1) is 66.1 Å². The first-order valence-electron chi connectivity index (χ1n) is 16.7. The molecule has 2 aromatic heterocycles. The second-order valence-electron chi connectivity index (χ2n) is 12.1. The van der Waals surface area contributed by atoms with Crippen molar-refractivity contribution in [2.75, 3.05) is 21.1 Å². The van der Waals surface area contributed by atoms with Crippen LogP contribution in [0.15, 0.2) is 55.6 Å². The number of aromatic carboxylic acids is 3. The molecule has 0 saturated carbocycles. The zero-order valence-corrected chi connectivity index (χ0v) is 31.0. The molecule has 1 aliphatic heterocycles. The molecule has 7 N–H and O–H groups in total. The van der Waals surface area contributed by atoms with Crippen molar-refractivity contribution >= 4 is 69.0 Å². The predicted molar refractivity (Wildman–Crippen MR) is 202 cm³/mol. The molecule has 5 aromatic rings. The summed E-state index contributed by atoms with van der Waals surface area (Å²) in [4.78, 5) is 140. The van der Waals surface area contributed by atoms with Gasteiger partial charge in [-0.3, -0.25) is 57.2 Å². The predicted octanol–water partition coefficient (Wildman–Crippen LogP) is -0.536. The quantitative estimate of drug-likeness (QED) is 0.107. The van der Waals surface area contributed by atoms with E-state index < -0.39 is 86.4 Å². The largest absolute Gasteiger partial charge is 0.478 e. The molecule has 0 atom stereocenters. The number of primary amides is 1. The highest BCUT2D eigenvalue weighted by molar-refractivity contribution is 6.23. The summed E-state index contributed by atoms with van der Waals surface area (Å²) in [6.07, 6.45) is 0. The van der Waals surface area contributed by atoms with Crippen LogP contribution in [0.25, 0.3) is 21.5 Å². The number of nitrogens with one attached hydrogen (secondary N) is 2. The van der Waals surface area contributed by atoms with Crippen LogP contribution >= 0.6 is 0 Å². The van der Waals surface area contributed by atoms with E-state index >= 15 is 0 Å². The topological polar surface area (TPSA) is 329 Å². The maximum Gasteiger partial charge on any atom is 0.336 e. The summed E-state index contributed by atoms with van der Waals surface area (Å²) in [5.41, 5.74) is 1.07. The molecule has 3 aromatic carbocycles. The summed E-state index contributed by atoms with van der Waals surface area (Å²) in [5.74, 6) is -7.94. The molecule has 58 heavy (non-hydrogen) atoms. The molecular weight excluding hydrogens is 768 g/mol. The molecule has 5 amide bonds. The van der Waals surface area contributed by atoms with Crippen LogP contribution in [0, 0.1) is 0 Å². The maximum atomic E-state index is 12.1. The number of carbonyl (C=O) groups excluding carboxylic acids is 5. The van der Waals surface area contributed by atoms with Gasteiger partial charge >= 0.3 is 17.9 Å². The molecule has 0 fully saturated rings. The fourth-order valence-corrected chi connectivity index (χ4v) is 6.03. The van der Waals surface area contributed by atoms with Crippen molar-refractivity contribution < 1.29 is 53.7 Å². The monoisotopic (exact) mass is 800 g/mol.